The Balaban J connectivity index is 2.74. The molecule has 0 saturated heterocycles. The molecule has 1 aromatic carbocycles. The van der Waals surface area contributed by atoms with Crippen molar-refractivity contribution in [2.75, 3.05) is 7.11 Å². The zero-order valence-electron chi connectivity index (χ0n) is 12.5. The summed E-state index contributed by atoms with van der Waals surface area (Å²) in [6, 6.07) is 2.06. The summed E-state index contributed by atoms with van der Waals surface area (Å²) in [7, 11) is 3.61. The van der Waals surface area contributed by atoms with Crippen LogP contribution in [-0.4, -0.2) is 16.9 Å². The molecule has 1 aromatic heterocycles. The quantitative estimate of drug-likeness (QED) is 0.935. The SMILES string of the molecule is COc1cc(C)c(-c2nn(C)c(CN)c2Br)c(C)c1C. The Morgan fingerprint density at radius 3 is 2.45 bits per heavy atom. The van der Waals surface area contributed by atoms with Crippen molar-refractivity contribution in [3.05, 3.63) is 32.9 Å². The molecule has 2 N–H and O–H groups in total. The number of methoxy groups -OCH3 is 1. The van der Waals surface area contributed by atoms with E-state index in [2.05, 4.69) is 47.9 Å². The normalized spacial score (nSPS) is 10.9. The molecule has 0 aliphatic rings. The van der Waals surface area contributed by atoms with Gasteiger partial charge in [0.05, 0.1) is 17.3 Å². The van der Waals surface area contributed by atoms with Gasteiger partial charge in [-0.05, 0) is 59.5 Å². The average molecular weight is 338 g/mol. The number of aryl methyl sites for hydroxylation is 2. The highest BCUT2D eigenvalue weighted by molar-refractivity contribution is 9.10. The van der Waals surface area contributed by atoms with Crippen LogP contribution >= 0.6 is 15.9 Å². The molecule has 0 bridgehead atoms. The second-order valence-electron chi connectivity index (χ2n) is 4.96. The molecule has 0 aliphatic carbocycles. The molecule has 0 unspecified atom stereocenters. The molecule has 0 radical (unpaired) electrons. The molecule has 4 nitrogen and oxygen atoms in total. The van der Waals surface area contributed by atoms with E-state index in [4.69, 9.17) is 10.5 Å². The summed E-state index contributed by atoms with van der Waals surface area (Å²) in [6.45, 7) is 6.70. The van der Waals surface area contributed by atoms with Crippen LogP contribution in [0.3, 0.4) is 0 Å². The average Bonchev–Trinajstić information content (AvgIpc) is 2.69. The third kappa shape index (κ3) is 2.25. The van der Waals surface area contributed by atoms with Crippen molar-refractivity contribution in [1.29, 1.82) is 0 Å². The number of hydrogen-bond donors (Lipinski definition) is 1. The van der Waals surface area contributed by atoms with Gasteiger partial charge in [0.2, 0.25) is 0 Å². The van der Waals surface area contributed by atoms with Gasteiger partial charge in [0.15, 0.2) is 0 Å². The zero-order valence-corrected chi connectivity index (χ0v) is 14.1. The molecule has 0 fully saturated rings. The Bertz CT molecular complexity index is 662. The summed E-state index contributed by atoms with van der Waals surface area (Å²) in [5, 5.41) is 4.62. The number of hydrogen-bond acceptors (Lipinski definition) is 3. The van der Waals surface area contributed by atoms with E-state index in [-0.39, 0.29) is 0 Å². The predicted molar refractivity (Wildman–Crippen MR) is 85.0 cm³/mol. The zero-order chi connectivity index (χ0) is 15.0. The van der Waals surface area contributed by atoms with Crippen LogP contribution in [0.25, 0.3) is 11.3 Å². The number of nitrogens with two attached hydrogens (primary N) is 1. The fraction of sp³-hybridized carbons (Fsp3) is 0.400. The molecule has 1 heterocycles. The maximum Gasteiger partial charge on any atom is 0.122 e. The van der Waals surface area contributed by atoms with E-state index in [1.807, 2.05) is 11.7 Å². The van der Waals surface area contributed by atoms with Crippen LogP contribution in [0, 0.1) is 20.8 Å². The number of nitrogens with zero attached hydrogens (tertiary/aromatic N) is 2. The lowest BCUT2D eigenvalue weighted by molar-refractivity contribution is 0.411. The molecule has 0 atom stereocenters. The van der Waals surface area contributed by atoms with Gasteiger partial charge >= 0.3 is 0 Å². The van der Waals surface area contributed by atoms with Gasteiger partial charge in [-0.3, -0.25) is 4.68 Å². The third-order valence-electron chi connectivity index (χ3n) is 3.80. The molecule has 5 heteroatoms. The van der Waals surface area contributed by atoms with Crippen LogP contribution in [-0.2, 0) is 13.6 Å². The van der Waals surface area contributed by atoms with Gasteiger partial charge in [-0.25, -0.2) is 0 Å². The summed E-state index contributed by atoms with van der Waals surface area (Å²) in [4.78, 5) is 0. The lowest BCUT2D eigenvalue weighted by atomic mass is 9.95. The van der Waals surface area contributed by atoms with Gasteiger partial charge in [-0.15, -0.1) is 0 Å². The number of aromatic nitrogens is 2. The molecule has 0 spiro atoms. The minimum atomic E-state index is 0.456. The number of ether oxygens (including phenoxy) is 1. The second kappa shape index (κ2) is 5.58. The van der Waals surface area contributed by atoms with E-state index in [0.29, 0.717) is 6.54 Å². The van der Waals surface area contributed by atoms with Gasteiger partial charge in [0.25, 0.3) is 0 Å². The Morgan fingerprint density at radius 1 is 1.30 bits per heavy atom. The van der Waals surface area contributed by atoms with Gasteiger partial charge in [0, 0.05) is 19.2 Å². The Morgan fingerprint density at radius 2 is 1.95 bits per heavy atom. The summed E-state index contributed by atoms with van der Waals surface area (Å²) >= 11 is 3.63. The van der Waals surface area contributed by atoms with E-state index in [1.165, 1.54) is 5.56 Å². The molecule has 2 aromatic rings. The van der Waals surface area contributed by atoms with Crippen molar-refractivity contribution in [2.45, 2.75) is 27.3 Å². The Labute approximate surface area is 128 Å². The van der Waals surface area contributed by atoms with Gasteiger partial charge in [-0.1, -0.05) is 0 Å². The fourth-order valence-electron chi connectivity index (χ4n) is 2.54. The van der Waals surface area contributed by atoms with Crippen molar-refractivity contribution in [3.63, 3.8) is 0 Å². The lowest BCUT2D eigenvalue weighted by Crippen LogP contribution is -2.04. The largest absolute Gasteiger partial charge is 0.496 e. The minimum absolute atomic E-state index is 0.456. The lowest BCUT2D eigenvalue weighted by Gasteiger charge is -2.15. The molecular weight excluding hydrogens is 318 g/mol. The standard InChI is InChI=1S/C15H20BrN3O/c1-8-6-12(20-5)9(2)10(3)13(8)15-14(16)11(7-17)19(4)18-15/h6H,7,17H2,1-5H3. The molecule has 20 heavy (non-hydrogen) atoms. The van der Waals surface area contributed by atoms with E-state index in [0.717, 1.165) is 38.3 Å². The molecular formula is C15H20BrN3O. The van der Waals surface area contributed by atoms with Crippen molar-refractivity contribution in [3.8, 4) is 17.0 Å². The first-order valence-electron chi connectivity index (χ1n) is 6.48. The van der Waals surface area contributed by atoms with E-state index >= 15 is 0 Å². The van der Waals surface area contributed by atoms with Crippen LogP contribution in [0.5, 0.6) is 5.75 Å². The van der Waals surface area contributed by atoms with Gasteiger partial charge < -0.3 is 10.5 Å². The molecule has 0 amide bonds. The third-order valence-corrected chi connectivity index (χ3v) is 4.63. The number of benzene rings is 1. The van der Waals surface area contributed by atoms with Crippen LogP contribution < -0.4 is 10.5 Å². The van der Waals surface area contributed by atoms with Gasteiger partial charge in [0.1, 0.15) is 11.4 Å². The number of halogens is 1. The maximum atomic E-state index is 5.78. The summed E-state index contributed by atoms with van der Waals surface area (Å²) < 4.78 is 8.22. The van der Waals surface area contributed by atoms with Gasteiger partial charge in [-0.2, -0.15) is 5.10 Å². The Hall–Kier alpha value is -1.33. The topological polar surface area (TPSA) is 53.1 Å². The minimum Gasteiger partial charge on any atom is -0.496 e. The van der Waals surface area contributed by atoms with Crippen LogP contribution in [0.2, 0.25) is 0 Å². The Kier molecular flexibility index (Phi) is 4.20. The molecule has 0 saturated carbocycles. The van der Waals surface area contributed by atoms with Crippen molar-refractivity contribution in [2.24, 2.45) is 12.8 Å². The summed E-state index contributed by atoms with van der Waals surface area (Å²) in [5.41, 5.74) is 12.3. The highest BCUT2D eigenvalue weighted by Gasteiger charge is 2.20. The molecule has 0 aliphatic heterocycles. The van der Waals surface area contributed by atoms with Crippen molar-refractivity contribution >= 4 is 15.9 Å². The highest BCUT2D eigenvalue weighted by Crippen LogP contribution is 2.38. The monoisotopic (exact) mass is 337 g/mol. The molecule has 108 valence electrons. The fourth-order valence-corrected chi connectivity index (χ4v) is 3.23. The van der Waals surface area contributed by atoms with E-state index < -0.39 is 0 Å². The van der Waals surface area contributed by atoms with E-state index in [1.54, 1.807) is 7.11 Å². The first-order chi connectivity index (χ1) is 9.42. The van der Waals surface area contributed by atoms with Crippen LogP contribution in [0.4, 0.5) is 0 Å². The highest BCUT2D eigenvalue weighted by atomic mass is 79.9. The predicted octanol–water partition coefficient (Wildman–Crippen LogP) is 3.24. The van der Waals surface area contributed by atoms with Crippen LogP contribution in [0.15, 0.2) is 10.5 Å². The van der Waals surface area contributed by atoms with Crippen LogP contribution in [0.1, 0.15) is 22.4 Å². The van der Waals surface area contributed by atoms with E-state index in [9.17, 15) is 0 Å². The smallest absolute Gasteiger partial charge is 0.122 e. The van der Waals surface area contributed by atoms with Crippen molar-refractivity contribution in [1.82, 2.24) is 9.78 Å². The molecule has 2 rings (SSSR count). The maximum absolute atomic E-state index is 5.78. The summed E-state index contributed by atoms with van der Waals surface area (Å²) in [6.07, 6.45) is 0. The number of rotatable bonds is 3. The van der Waals surface area contributed by atoms with Crippen molar-refractivity contribution < 1.29 is 4.74 Å². The first-order valence-corrected chi connectivity index (χ1v) is 7.28. The summed E-state index contributed by atoms with van der Waals surface area (Å²) in [5.74, 6) is 0.912. The first kappa shape index (κ1) is 15.1. The second-order valence-corrected chi connectivity index (χ2v) is 5.75.